The predicted molar refractivity (Wildman–Crippen MR) is 95.0 cm³/mol. The van der Waals surface area contributed by atoms with Crippen LogP contribution in [-0.2, 0) is 16.1 Å². The Morgan fingerprint density at radius 1 is 1.19 bits per heavy atom. The highest BCUT2D eigenvalue weighted by Gasteiger charge is 2.13. The molecule has 1 amide bonds. The van der Waals surface area contributed by atoms with Crippen LogP contribution in [0.25, 0.3) is 0 Å². The molecule has 0 atom stereocenters. The number of aryl methyl sites for hydroxylation is 2. The third kappa shape index (κ3) is 5.08. The molecule has 2 rings (SSSR count). The summed E-state index contributed by atoms with van der Waals surface area (Å²) in [7, 11) is 3.06. The summed E-state index contributed by atoms with van der Waals surface area (Å²) in [6.45, 7) is 4.56. The number of carbonyl (C=O) groups is 2. The van der Waals surface area contributed by atoms with Crippen LogP contribution in [0.5, 0.6) is 5.75 Å². The van der Waals surface area contributed by atoms with Crippen LogP contribution in [0.15, 0.2) is 28.8 Å². The van der Waals surface area contributed by atoms with Gasteiger partial charge in [-0.15, -0.1) is 0 Å². The molecule has 0 aliphatic rings. The van der Waals surface area contributed by atoms with Crippen molar-refractivity contribution < 1.29 is 23.6 Å². The van der Waals surface area contributed by atoms with E-state index in [2.05, 4.69) is 9.89 Å². The average Bonchev–Trinajstić information content (AvgIpc) is 2.97. The number of aromatic nitrogens is 1. The average molecular weight is 360 g/mol. The lowest BCUT2D eigenvalue weighted by atomic mass is 10.2. The maximum Gasteiger partial charge on any atom is 0.305 e. The van der Waals surface area contributed by atoms with Gasteiger partial charge in [0.15, 0.2) is 0 Å². The van der Waals surface area contributed by atoms with Gasteiger partial charge in [0.2, 0.25) is 0 Å². The van der Waals surface area contributed by atoms with E-state index in [9.17, 15) is 9.59 Å². The fourth-order valence-corrected chi connectivity index (χ4v) is 2.44. The molecule has 0 bridgehead atoms. The molecular weight excluding hydrogens is 336 g/mol. The molecule has 1 aromatic heterocycles. The fourth-order valence-electron chi connectivity index (χ4n) is 2.44. The molecular formula is C19H24N2O5. The Morgan fingerprint density at radius 3 is 2.46 bits per heavy atom. The molecule has 26 heavy (non-hydrogen) atoms. The van der Waals surface area contributed by atoms with E-state index in [1.165, 1.54) is 7.11 Å². The SMILES string of the molecule is COC(=O)CCCN(C)C(=O)c1ccc(OCc2c(C)noc2C)cc1. The van der Waals surface area contributed by atoms with Gasteiger partial charge in [-0.2, -0.15) is 0 Å². The van der Waals surface area contributed by atoms with Gasteiger partial charge in [-0.3, -0.25) is 9.59 Å². The topological polar surface area (TPSA) is 81.9 Å². The highest BCUT2D eigenvalue weighted by molar-refractivity contribution is 5.94. The number of rotatable bonds is 8. The molecule has 0 N–H and O–H groups in total. The van der Waals surface area contributed by atoms with Gasteiger partial charge in [0.25, 0.3) is 5.91 Å². The zero-order valence-corrected chi connectivity index (χ0v) is 15.6. The van der Waals surface area contributed by atoms with E-state index >= 15 is 0 Å². The van der Waals surface area contributed by atoms with Crippen LogP contribution in [-0.4, -0.2) is 42.6 Å². The van der Waals surface area contributed by atoms with Crippen molar-refractivity contribution in [1.82, 2.24) is 10.1 Å². The smallest absolute Gasteiger partial charge is 0.305 e. The Morgan fingerprint density at radius 2 is 1.88 bits per heavy atom. The molecule has 0 fully saturated rings. The van der Waals surface area contributed by atoms with Gasteiger partial charge < -0.3 is 18.9 Å². The lowest BCUT2D eigenvalue weighted by molar-refractivity contribution is -0.140. The van der Waals surface area contributed by atoms with Gasteiger partial charge in [-0.05, 0) is 44.5 Å². The monoisotopic (exact) mass is 360 g/mol. The molecule has 2 aromatic rings. The second-order valence-electron chi connectivity index (χ2n) is 6.02. The van der Waals surface area contributed by atoms with Crippen molar-refractivity contribution >= 4 is 11.9 Å². The van der Waals surface area contributed by atoms with Crippen LogP contribution in [0.3, 0.4) is 0 Å². The van der Waals surface area contributed by atoms with E-state index in [1.54, 1.807) is 36.2 Å². The molecule has 0 saturated heterocycles. The van der Waals surface area contributed by atoms with E-state index in [-0.39, 0.29) is 11.9 Å². The second kappa shape index (κ2) is 9.03. The predicted octanol–water partition coefficient (Wildman–Crippen LogP) is 2.90. The third-order valence-corrected chi connectivity index (χ3v) is 4.11. The lowest BCUT2D eigenvalue weighted by Crippen LogP contribution is -2.28. The summed E-state index contributed by atoms with van der Waals surface area (Å²) in [5, 5.41) is 3.89. The first-order valence-corrected chi connectivity index (χ1v) is 8.39. The highest BCUT2D eigenvalue weighted by Crippen LogP contribution is 2.18. The molecule has 0 radical (unpaired) electrons. The first-order chi connectivity index (χ1) is 12.4. The fraction of sp³-hybridized carbons (Fsp3) is 0.421. The molecule has 0 aliphatic carbocycles. The normalized spacial score (nSPS) is 10.5. The minimum Gasteiger partial charge on any atom is -0.489 e. The molecule has 140 valence electrons. The Bertz CT molecular complexity index is 732. The highest BCUT2D eigenvalue weighted by atomic mass is 16.5. The van der Waals surface area contributed by atoms with Gasteiger partial charge in [-0.25, -0.2) is 0 Å². The summed E-state index contributed by atoms with van der Waals surface area (Å²) >= 11 is 0. The van der Waals surface area contributed by atoms with Crippen LogP contribution in [0, 0.1) is 13.8 Å². The van der Waals surface area contributed by atoms with Crippen molar-refractivity contribution in [2.45, 2.75) is 33.3 Å². The van der Waals surface area contributed by atoms with Gasteiger partial charge in [0, 0.05) is 25.6 Å². The minimum atomic E-state index is -0.273. The minimum absolute atomic E-state index is 0.105. The van der Waals surface area contributed by atoms with Crippen molar-refractivity contribution in [3.05, 3.63) is 46.8 Å². The van der Waals surface area contributed by atoms with Crippen LogP contribution in [0.4, 0.5) is 0 Å². The third-order valence-electron chi connectivity index (χ3n) is 4.11. The van der Waals surface area contributed by atoms with Crippen LogP contribution >= 0.6 is 0 Å². The van der Waals surface area contributed by atoms with Crippen molar-refractivity contribution in [2.75, 3.05) is 20.7 Å². The number of nitrogens with zero attached hydrogens (tertiary/aromatic N) is 2. The molecule has 0 aliphatic heterocycles. The first kappa shape index (κ1) is 19.5. The number of methoxy groups -OCH3 is 1. The van der Waals surface area contributed by atoms with Crippen LogP contribution in [0.1, 0.15) is 40.2 Å². The van der Waals surface area contributed by atoms with Crippen molar-refractivity contribution in [2.24, 2.45) is 0 Å². The lowest BCUT2D eigenvalue weighted by Gasteiger charge is -2.17. The number of ether oxygens (including phenoxy) is 2. The van der Waals surface area contributed by atoms with Gasteiger partial charge >= 0.3 is 5.97 Å². The number of amides is 1. The molecule has 0 spiro atoms. The summed E-state index contributed by atoms with van der Waals surface area (Å²) in [4.78, 5) is 25.1. The van der Waals surface area contributed by atoms with Crippen molar-refractivity contribution in [1.29, 1.82) is 0 Å². The van der Waals surface area contributed by atoms with E-state index in [0.717, 1.165) is 17.0 Å². The number of hydrogen-bond acceptors (Lipinski definition) is 6. The quantitative estimate of drug-likeness (QED) is 0.673. The van der Waals surface area contributed by atoms with E-state index in [0.29, 0.717) is 37.3 Å². The summed E-state index contributed by atoms with van der Waals surface area (Å²) in [6.07, 6.45) is 0.857. The summed E-state index contributed by atoms with van der Waals surface area (Å²) < 4.78 is 15.4. The van der Waals surface area contributed by atoms with E-state index in [1.807, 2.05) is 13.8 Å². The van der Waals surface area contributed by atoms with Gasteiger partial charge in [-0.1, -0.05) is 5.16 Å². The summed E-state index contributed by atoms with van der Waals surface area (Å²) in [5.74, 6) is 1.02. The van der Waals surface area contributed by atoms with Crippen molar-refractivity contribution in [3.8, 4) is 5.75 Å². The van der Waals surface area contributed by atoms with E-state index in [4.69, 9.17) is 9.26 Å². The largest absolute Gasteiger partial charge is 0.489 e. The summed E-state index contributed by atoms with van der Waals surface area (Å²) in [6, 6.07) is 6.96. The Labute approximate surface area is 152 Å². The molecule has 1 aromatic carbocycles. The Balaban J connectivity index is 1.87. The summed E-state index contributed by atoms with van der Waals surface area (Å²) in [5.41, 5.74) is 2.30. The maximum atomic E-state index is 12.4. The Kier molecular flexibility index (Phi) is 6.77. The Hall–Kier alpha value is -2.83. The zero-order chi connectivity index (χ0) is 19.1. The molecule has 0 saturated carbocycles. The van der Waals surface area contributed by atoms with Crippen LogP contribution < -0.4 is 4.74 Å². The molecule has 7 heteroatoms. The first-order valence-electron chi connectivity index (χ1n) is 8.39. The number of benzene rings is 1. The molecule has 1 heterocycles. The van der Waals surface area contributed by atoms with Crippen molar-refractivity contribution in [3.63, 3.8) is 0 Å². The zero-order valence-electron chi connectivity index (χ0n) is 15.6. The van der Waals surface area contributed by atoms with Gasteiger partial charge in [0.1, 0.15) is 18.1 Å². The van der Waals surface area contributed by atoms with Gasteiger partial charge in [0.05, 0.1) is 18.4 Å². The number of hydrogen-bond donors (Lipinski definition) is 0. The molecule has 7 nitrogen and oxygen atoms in total. The van der Waals surface area contributed by atoms with Crippen LogP contribution in [0.2, 0.25) is 0 Å². The second-order valence-corrected chi connectivity index (χ2v) is 6.02. The number of esters is 1. The molecule has 0 unspecified atom stereocenters. The maximum absolute atomic E-state index is 12.4. The van der Waals surface area contributed by atoms with E-state index < -0.39 is 0 Å². The standard InChI is InChI=1S/C19H24N2O5/c1-13-17(14(2)26-20-13)12-25-16-9-7-15(8-10-16)19(23)21(3)11-5-6-18(22)24-4/h7-10H,5-6,11-12H2,1-4H3. The number of carbonyl (C=O) groups excluding carboxylic acids is 2.